The van der Waals surface area contributed by atoms with Gasteiger partial charge in [-0.3, -0.25) is 4.79 Å². The summed E-state index contributed by atoms with van der Waals surface area (Å²) in [4.78, 5) is 22.0. The summed E-state index contributed by atoms with van der Waals surface area (Å²) in [7, 11) is 0. The van der Waals surface area contributed by atoms with E-state index in [0.29, 0.717) is 17.5 Å². The number of hydrogen-bond donors (Lipinski definition) is 4. The molecule has 2 atom stereocenters. The van der Waals surface area contributed by atoms with Gasteiger partial charge >= 0.3 is 0 Å². The van der Waals surface area contributed by atoms with Crippen LogP contribution >= 0.6 is 0 Å². The zero-order chi connectivity index (χ0) is 20.2. The summed E-state index contributed by atoms with van der Waals surface area (Å²) >= 11 is 0. The van der Waals surface area contributed by atoms with Gasteiger partial charge in [-0.05, 0) is 31.0 Å². The molecular weight excluding hydrogens is 370 g/mol. The Kier molecular flexibility index (Phi) is 5.16. The van der Waals surface area contributed by atoms with E-state index >= 15 is 0 Å². The van der Waals surface area contributed by atoms with E-state index in [0.717, 1.165) is 18.5 Å². The molecule has 1 amide bonds. The van der Waals surface area contributed by atoms with E-state index < -0.39 is 5.91 Å². The molecule has 2 heterocycles. The maximum Gasteiger partial charge on any atom is 0.254 e. The molecule has 1 aliphatic rings. The average Bonchev–Trinajstić information content (AvgIpc) is 3.25. The van der Waals surface area contributed by atoms with Crippen LogP contribution in [0.5, 0.6) is 0 Å². The number of nitrogens with zero attached hydrogens (tertiary/aromatic N) is 5. The van der Waals surface area contributed by atoms with E-state index in [1.807, 2.05) is 24.3 Å². The second-order valence-corrected chi connectivity index (χ2v) is 6.67. The number of rotatable bonds is 6. The summed E-state index contributed by atoms with van der Waals surface area (Å²) in [5.41, 5.74) is 13.3. The van der Waals surface area contributed by atoms with Crippen LogP contribution in [0.15, 0.2) is 55.0 Å². The Balaban J connectivity index is 1.61. The van der Waals surface area contributed by atoms with Crippen molar-refractivity contribution in [2.75, 3.05) is 10.6 Å². The van der Waals surface area contributed by atoms with Crippen LogP contribution in [-0.4, -0.2) is 43.0 Å². The number of primary amides is 1. The monoisotopic (exact) mass is 391 g/mol. The van der Waals surface area contributed by atoms with E-state index in [-0.39, 0.29) is 17.6 Å². The predicted octanol–water partition coefficient (Wildman–Crippen LogP) is 1.36. The first-order chi connectivity index (χ1) is 14.1. The molecule has 148 valence electrons. The molecule has 1 aromatic carbocycles. The Morgan fingerprint density at radius 1 is 1.17 bits per heavy atom. The zero-order valence-corrected chi connectivity index (χ0v) is 15.6. The summed E-state index contributed by atoms with van der Waals surface area (Å²) in [5, 5.41) is 14.6. The second-order valence-electron chi connectivity index (χ2n) is 6.67. The third-order valence-corrected chi connectivity index (χ3v) is 4.61. The third-order valence-electron chi connectivity index (χ3n) is 4.61. The second kappa shape index (κ2) is 8.07. The topological polar surface area (TPSA) is 150 Å². The number of amides is 1. The van der Waals surface area contributed by atoms with Crippen molar-refractivity contribution in [1.82, 2.24) is 25.0 Å². The van der Waals surface area contributed by atoms with Crippen LogP contribution in [0.3, 0.4) is 0 Å². The van der Waals surface area contributed by atoms with Crippen LogP contribution < -0.4 is 22.1 Å². The molecular formula is C19H21N9O. The number of nitrogens with one attached hydrogen (secondary N) is 2. The van der Waals surface area contributed by atoms with E-state index in [9.17, 15) is 4.79 Å². The summed E-state index contributed by atoms with van der Waals surface area (Å²) in [6, 6.07) is 7.37. The molecule has 10 nitrogen and oxygen atoms in total. The first-order valence-corrected chi connectivity index (χ1v) is 9.18. The van der Waals surface area contributed by atoms with Crippen LogP contribution in [0.2, 0.25) is 0 Å². The molecule has 29 heavy (non-hydrogen) atoms. The fraction of sp³-hybridized carbons (Fsp3) is 0.211. The highest BCUT2D eigenvalue weighted by molar-refractivity contribution is 5.98. The number of carbonyl (C=O) groups is 1. The number of hydrogen-bond acceptors (Lipinski definition) is 8. The average molecular weight is 391 g/mol. The van der Waals surface area contributed by atoms with Crippen molar-refractivity contribution in [3.63, 3.8) is 0 Å². The van der Waals surface area contributed by atoms with Crippen LogP contribution in [0, 0.1) is 0 Å². The summed E-state index contributed by atoms with van der Waals surface area (Å²) in [6.07, 6.45) is 10.3. The van der Waals surface area contributed by atoms with Crippen LogP contribution in [0.4, 0.5) is 17.5 Å². The summed E-state index contributed by atoms with van der Waals surface area (Å²) in [5.74, 6) is 0.0555. The molecule has 0 bridgehead atoms. The molecule has 0 unspecified atom stereocenters. The van der Waals surface area contributed by atoms with Gasteiger partial charge in [0.1, 0.15) is 11.4 Å². The SMILES string of the molecule is NC(=O)c1cnc(N[C@@H]2CC=CC[C@@H]2N)nc1Nc1cccc(-n2nccn2)c1. The first kappa shape index (κ1) is 18.6. The fourth-order valence-electron chi connectivity index (χ4n) is 3.09. The molecule has 0 aliphatic heterocycles. The van der Waals surface area contributed by atoms with Gasteiger partial charge in [-0.2, -0.15) is 20.0 Å². The van der Waals surface area contributed by atoms with Gasteiger partial charge in [0.25, 0.3) is 5.91 Å². The normalized spacial score (nSPS) is 18.4. The number of nitrogens with two attached hydrogens (primary N) is 2. The molecule has 0 saturated heterocycles. The minimum absolute atomic E-state index is 0.0153. The molecule has 0 saturated carbocycles. The van der Waals surface area contributed by atoms with Gasteiger partial charge in [-0.25, -0.2) is 4.98 Å². The molecule has 0 fully saturated rings. The van der Waals surface area contributed by atoms with Crippen LogP contribution in [-0.2, 0) is 0 Å². The number of aromatic nitrogens is 5. The van der Waals surface area contributed by atoms with Crippen molar-refractivity contribution in [2.45, 2.75) is 24.9 Å². The Bertz CT molecular complexity index is 1030. The molecule has 10 heteroatoms. The van der Waals surface area contributed by atoms with Crippen molar-refractivity contribution in [3.05, 3.63) is 60.6 Å². The number of benzene rings is 1. The fourth-order valence-corrected chi connectivity index (χ4v) is 3.09. The van der Waals surface area contributed by atoms with Gasteiger partial charge < -0.3 is 22.1 Å². The van der Waals surface area contributed by atoms with Crippen LogP contribution in [0.1, 0.15) is 23.2 Å². The Labute approximate surface area is 167 Å². The highest BCUT2D eigenvalue weighted by Crippen LogP contribution is 2.22. The van der Waals surface area contributed by atoms with Gasteiger partial charge in [0, 0.05) is 24.0 Å². The van der Waals surface area contributed by atoms with E-state index in [1.54, 1.807) is 12.4 Å². The summed E-state index contributed by atoms with van der Waals surface area (Å²) < 4.78 is 0. The number of anilines is 3. The summed E-state index contributed by atoms with van der Waals surface area (Å²) in [6.45, 7) is 0. The Morgan fingerprint density at radius 2 is 1.97 bits per heavy atom. The lowest BCUT2D eigenvalue weighted by molar-refractivity contribution is 0.100. The van der Waals surface area contributed by atoms with Gasteiger partial charge in [0.05, 0.1) is 18.1 Å². The lowest BCUT2D eigenvalue weighted by atomic mass is 9.97. The van der Waals surface area contributed by atoms with Gasteiger partial charge in [0.2, 0.25) is 5.95 Å². The largest absolute Gasteiger partial charge is 0.365 e. The Hall–Kier alpha value is -3.79. The van der Waals surface area contributed by atoms with E-state index in [2.05, 4.69) is 43.0 Å². The molecule has 3 aromatic rings. The smallest absolute Gasteiger partial charge is 0.254 e. The Morgan fingerprint density at radius 3 is 2.72 bits per heavy atom. The third kappa shape index (κ3) is 4.22. The van der Waals surface area contributed by atoms with E-state index in [1.165, 1.54) is 11.0 Å². The van der Waals surface area contributed by atoms with Crippen molar-refractivity contribution < 1.29 is 4.79 Å². The predicted molar refractivity (Wildman–Crippen MR) is 109 cm³/mol. The maximum atomic E-state index is 11.8. The molecule has 6 N–H and O–H groups in total. The van der Waals surface area contributed by atoms with Crippen LogP contribution in [0.25, 0.3) is 5.69 Å². The standard InChI is InChI=1S/C19H21N9O/c20-15-6-1-2-7-16(15)26-19-22-11-14(17(21)29)18(27-19)25-12-4-3-5-13(10-12)28-23-8-9-24-28/h1-5,8-11,15-16H,6-7,20H2,(H2,21,29)(H2,22,25,26,27)/t15-,16+/m0/s1. The van der Waals surface area contributed by atoms with Crippen molar-refractivity contribution in [3.8, 4) is 5.69 Å². The first-order valence-electron chi connectivity index (χ1n) is 9.18. The number of carbonyl (C=O) groups excluding carboxylic acids is 1. The molecule has 2 aromatic heterocycles. The van der Waals surface area contributed by atoms with Gasteiger partial charge in [0.15, 0.2) is 0 Å². The van der Waals surface area contributed by atoms with Gasteiger partial charge in [-0.1, -0.05) is 18.2 Å². The molecule has 0 spiro atoms. The zero-order valence-electron chi connectivity index (χ0n) is 15.6. The lowest BCUT2D eigenvalue weighted by Gasteiger charge is -2.26. The maximum absolute atomic E-state index is 11.8. The highest BCUT2D eigenvalue weighted by atomic mass is 16.1. The van der Waals surface area contributed by atoms with Crippen molar-refractivity contribution in [2.24, 2.45) is 11.5 Å². The highest BCUT2D eigenvalue weighted by Gasteiger charge is 2.20. The van der Waals surface area contributed by atoms with E-state index in [4.69, 9.17) is 11.5 Å². The molecule has 0 radical (unpaired) electrons. The van der Waals surface area contributed by atoms with Gasteiger partial charge in [-0.15, -0.1) is 0 Å². The quantitative estimate of drug-likeness (QED) is 0.460. The lowest BCUT2D eigenvalue weighted by Crippen LogP contribution is -2.41. The minimum Gasteiger partial charge on any atom is -0.365 e. The van der Waals surface area contributed by atoms with Crippen molar-refractivity contribution in [1.29, 1.82) is 0 Å². The molecule has 4 rings (SSSR count). The van der Waals surface area contributed by atoms with Crippen molar-refractivity contribution >= 4 is 23.4 Å². The molecule has 1 aliphatic carbocycles. The minimum atomic E-state index is -0.624.